The minimum absolute atomic E-state index is 0.193. The van der Waals surface area contributed by atoms with Crippen molar-refractivity contribution in [2.45, 2.75) is 6.42 Å². The number of pyridine rings is 1. The van der Waals surface area contributed by atoms with E-state index in [4.69, 9.17) is 0 Å². The number of hydrogen-bond donors (Lipinski definition) is 0. The first-order valence-electron chi connectivity index (χ1n) is 4.93. The summed E-state index contributed by atoms with van der Waals surface area (Å²) in [5.74, 6) is 0.193. The molecule has 1 aromatic heterocycles. The number of allylic oxidation sites excluding steroid dienone is 1. The summed E-state index contributed by atoms with van der Waals surface area (Å²) in [6.07, 6.45) is 6.17. The van der Waals surface area contributed by atoms with Crippen LogP contribution in [0.4, 0.5) is 0 Å². The fourth-order valence-corrected chi connectivity index (χ4v) is 1.92. The molecule has 72 valence electrons. The molecular weight excluding hydrogens is 186 g/mol. The van der Waals surface area contributed by atoms with E-state index in [0.29, 0.717) is 6.42 Å². The summed E-state index contributed by atoms with van der Waals surface area (Å²) < 4.78 is 0. The zero-order chi connectivity index (χ0) is 10.3. The summed E-state index contributed by atoms with van der Waals surface area (Å²) in [7, 11) is 0. The van der Waals surface area contributed by atoms with Gasteiger partial charge in [-0.1, -0.05) is 18.2 Å². The molecule has 2 nitrogen and oxygen atoms in total. The maximum atomic E-state index is 11.7. The summed E-state index contributed by atoms with van der Waals surface area (Å²) in [4.78, 5) is 15.9. The Labute approximate surface area is 87.3 Å². The van der Waals surface area contributed by atoms with Gasteiger partial charge in [-0.2, -0.15) is 0 Å². The van der Waals surface area contributed by atoms with Gasteiger partial charge in [-0.25, -0.2) is 0 Å². The van der Waals surface area contributed by atoms with E-state index in [9.17, 15) is 4.79 Å². The number of ketones is 1. The summed E-state index contributed by atoms with van der Waals surface area (Å²) in [6, 6.07) is 7.77. The molecule has 1 aliphatic carbocycles. The predicted molar refractivity (Wildman–Crippen MR) is 59.7 cm³/mol. The molecule has 0 radical (unpaired) electrons. The van der Waals surface area contributed by atoms with E-state index in [2.05, 4.69) is 4.98 Å². The third kappa shape index (κ3) is 1.26. The highest BCUT2D eigenvalue weighted by molar-refractivity contribution is 6.05. The second kappa shape index (κ2) is 3.02. The lowest BCUT2D eigenvalue weighted by Crippen LogP contribution is -2.04. The Morgan fingerprint density at radius 2 is 2.20 bits per heavy atom. The average Bonchev–Trinajstić information content (AvgIpc) is 2.27. The predicted octanol–water partition coefficient (Wildman–Crippen LogP) is 2.83. The van der Waals surface area contributed by atoms with Gasteiger partial charge in [0.1, 0.15) is 0 Å². The van der Waals surface area contributed by atoms with Crippen LogP contribution in [0.1, 0.15) is 22.3 Å². The van der Waals surface area contributed by atoms with Crippen LogP contribution in [0.25, 0.3) is 17.0 Å². The quantitative estimate of drug-likeness (QED) is 0.647. The van der Waals surface area contributed by atoms with Crippen LogP contribution in [-0.2, 0) is 0 Å². The van der Waals surface area contributed by atoms with E-state index in [-0.39, 0.29) is 5.78 Å². The van der Waals surface area contributed by atoms with E-state index in [1.165, 1.54) is 0 Å². The van der Waals surface area contributed by atoms with E-state index < -0.39 is 0 Å². The Morgan fingerprint density at radius 1 is 1.27 bits per heavy atom. The van der Waals surface area contributed by atoms with Gasteiger partial charge in [0.25, 0.3) is 0 Å². The van der Waals surface area contributed by atoms with Crippen molar-refractivity contribution in [1.29, 1.82) is 0 Å². The zero-order valence-corrected chi connectivity index (χ0v) is 8.10. The van der Waals surface area contributed by atoms with Crippen LogP contribution < -0.4 is 0 Å². The number of benzene rings is 1. The molecule has 0 saturated carbocycles. The van der Waals surface area contributed by atoms with Crippen LogP contribution in [0.3, 0.4) is 0 Å². The van der Waals surface area contributed by atoms with Crippen molar-refractivity contribution in [3.63, 3.8) is 0 Å². The van der Waals surface area contributed by atoms with E-state index in [0.717, 1.165) is 22.0 Å². The number of aromatic nitrogens is 1. The fraction of sp³-hybridized carbons (Fsp3) is 0.0769. The monoisotopic (exact) mass is 195 g/mol. The maximum Gasteiger partial charge on any atom is 0.167 e. The lowest BCUT2D eigenvalue weighted by atomic mass is 9.94. The molecule has 2 heteroatoms. The maximum absolute atomic E-state index is 11.7. The fourth-order valence-electron chi connectivity index (χ4n) is 1.92. The third-order valence-electron chi connectivity index (χ3n) is 2.68. The van der Waals surface area contributed by atoms with Crippen molar-refractivity contribution in [1.82, 2.24) is 4.98 Å². The first-order chi connectivity index (χ1) is 7.34. The van der Waals surface area contributed by atoms with E-state index >= 15 is 0 Å². The summed E-state index contributed by atoms with van der Waals surface area (Å²) in [6.45, 7) is 0. The molecular formula is C13H9NO. The number of carbonyl (C=O) groups excluding carboxylic acids is 1. The van der Waals surface area contributed by atoms with Crippen LogP contribution in [0.5, 0.6) is 0 Å². The smallest absolute Gasteiger partial charge is 0.167 e. The molecule has 15 heavy (non-hydrogen) atoms. The van der Waals surface area contributed by atoms with Gasteiger partial charge in [0.2, 0.25) is 0 Å². The topological polar surface area (TPSA) is 30.0 Å². The van der Waals surface area contributed by atoms with Gasteiger partial charge in [0, 0.05) is 23.6 Å². The molecule has 1 aliphatic rings. The molecule has 0 spiro atoms. The molecule has 0 saturated heterocycles. The molecule has 2 aromatic rings. The number of rotatable bonds is 0. The molecule has 0 N–H and O–H groups in total. The third-order valence-corrected chi connectivity index (χ3v) is 2.68. The summed E-state index contributed by atoms with van der Waals surface area (Å²) in [5.41, 5.74) is 2.74. The van der Waals surface area contributed by atoms with Gasteiger partial charge < -0.3 is 0 Å². The Balaban J connectivity index is 2.38. The highest BCUT2D eigenvalue weighted by Gasteiger charge is 2.13. The van der Waals surface area contributed by atoms with Crippen molar-refractivity contribution in [2.24, 2.45) is 0 Å². The molecule has 1 aromatic carbocycles. The highest BCUT2D eigenvalue weighted by atomic mass is 16.1. The normalized spacial score (nSPS) is 14.3. The second-order valence-corrected chi connectivity index (χ2v) is 3.67. The van der Waals surface area contributed by atoms with Crippen molar-refractivity contribution < 1.29 is 4.79 Å². The second-order valence-electron chi connectivity index (χ2n) is 3.67. The Kier molecular flexibility index (Phi) is 1.68. The Hall–Kier alpha value is -1.96. The molecule has 0 unspecified atom stereocenters. The molecule has 0 atom stereocenters. The molecule has 0 fully saturated rings. The van der Waals surface area contributed by atoms with Crippen molar-refractivity contribution in [3.8, 4) is 0 Å². The van der Waals surface area contributed by atoms with Crippen LogP contribution in [0.15, 0.2) is 36.5 Å². The minimum Gasteiger partial charge on any atom is -0.294 e. The van der Waals surface area contributed by atoms with Gasteiger partial charge in [-0.3, -0.25) is 9.78 Å². The first kappa shape index (κ1) is 8.36. The van der Waals surface area contributed by atoms with Crippen molar-refractivity contribution >= 4 is 22.8 Å². The van der Waals surface area contributed by atoms with Gasteiger partial charge in [0.15, 0.2) is 5.78 Å². The zero-order valence-electron chi connectivity index (χ0n) is 8.10. The average molecular weight is 195 g/mol. The molecule has 3 rings (SSSR count). The molecule has 0 aliphatic heterocycles. The van der Waals surface area contributed by atoms with Crippen LogP contribution in [-0.4, -0.2) is 10.8 Å². The van der Waals surface area contributed by atoms with Crippen molar-refractivity contribution in [3.05, 3.63) is 47.7 Å². The SMILES string of the molecule is O=C1CC=Cc2cc3ncccc3cc21. The molecule has 1 heterocycles. The number of carbonyl (C=O) groups is 1. The molecule has 0 bridgehead atoms. The summed E-state index contributed by atoms with van der Waals surface area (Å²) in [5, 5.41) is 1.03. The van der Waals surface area contributed by atoms with Gasteiger partial charge >= 0.3 is 0 Å². The Morgan fingerprint density at radius 3 is 3.13 bits per heavy atom. The van der Waals surface area contributed by atoms with Crippen LogP contribution in [0, 0.1) is 0 Å². The Bertz CT molecular complexity index is 584. The minimum atomic E-state index is 0.193. The first-order valence-corrected chi connectivity index (χ1v) is 4.93. The van der Waals surface area contributed by atoms with Gasteiger partial charge in [-0.15, -0.1) is 0 Å². The number of hydrogen-bond acceptors (Lipinski definition) is 2. The highest BCUT2D eigenvalue weighted by Crippen LogP contribution is 2.24. The van der Waals surface area contributed by atoms with Gasteiger partial charge in [-0.05, 0) is 23.8 Å². The molecule has 0 amide bonds. The van der Waals surface area contributed by atoms with Crippen molar-refractivity contribution in [2.75, 3.05) is 0 Å². The number of Topliss-reactive ketones (excluding diaryl/α,β-unsaturated/α-hetero) is 1. The van der Waals surface area contributed by atoms with E-state index in [1.807, 2.05) is 36.4 Å². The standard InChI is InChI=1S/C13H9NO/c15-13-5-1-3-9-8-12-10(7-11(9)13)4-2-6-14-12/h1-4,6-8H,5H2. The van der Waals surface area contributed by atoms with Crippen LogP contribution >= 0.6 is 0 Å². The largest absolute Gasteiger partial charge is 0.294 e. The van der Waals surface area contributed by atoms with Gasteiger partial charge in [0.05, 0.1) is 5.52 Å². The summed E-state index contributed by atoms with van der Waals surface area (Å²) >= 11 is 0. The number of nitrogens with zero attached hydrogens (tertiary/aromatic N) is 1. The van der Waals surface area contributed by atoms with E-state index in [1.54, 1.807) is 6.20 Å². The lowest BCUT2D eigenvalue weighted by molar-refractivity contribution is 0.0994. The number of fused-ring (bicyclic) bond motifs is 2. The van der Waals surface area contributed by atoms with Crippen LogP contribution in [0.2, 0.25) is 0 Å². The lowest BCUT2D eigenvalue weighted by Gasteiger charge is -2.10.